The van der Waals surface area contributed by atoms with Gasteiger partial charge in [-0.25, -0.2) is 9.97 Å². The first-order valence-corrected chi connectivity index (χ1v) is 7.73. The smallest absolute Gasteiger partial charge is 0.223 e. The molecule has 94 valence electrons. The first kappa shape index (κ1) is 13.1. The van der Waals surface area contributed by atoms with Crippen LogP contribution in [0.4, 0.5) is 5.95 Å². The fourth-order valence-electron chi connectivity index (χ4n) is 2.20. The summed E-state index contributed by atoms with van der Waals surface area (Å²) in [6.45, 7) is 2.35. The molecule has 1 aromatic rings. The Morgan fingerprint density at radius 2 is 2.29 bits per heavy atom. The van der Waals surface area contributed by atoms with Crippen molar-refractivity contribution in [2.24, 2.45) is 5.92 Å². The van der Waals surface area contributed by atoms with Gasteiger partial charge in [-0.3, -0.25) is 0 Å². The van der Waals surface area contributed by atoms with E-state index >= 15 is 0 Å². The monoisotopic (exact) mass is 315 g/mol. The SMILES string of the molecule is CNc1ncc(Br)c(SC2CCCC(C)C2)n1. The van der Waals surface area contributed by atoms with Gasteiger partial charge in [-0.2, -0.15) is 0 Å². The lowest BCUT2D eigenvalue weighted by Crippen LogP contribution is -2.15. The van der Waals surface area contributed by atoms with Gasteiger partial charge in [0.15, 0.2) is 0 Å². The van der Waals surface area contributed by atoms with Crippen LogP contribution in [0.5, 0.6) is 0 Å². The highest BCUT2D eigenvalue weighted by Crippen LogP contribution is 2.37. The van der Waals surface area contributed by atoms with Crippen molar-refractivity contribution in [1.29, 1.82) is 0 Å². The molecule has 2 unspecified atom stereocenters. The van der Waals surface area contributed by atoms with Gasteiger partial charge in [-0.15, -0.1) is 11.8 Å². The third-order valence-electron chi connectivity index (χ3n) is 3.10. The quantitative estimate of drug-likeness (QED) is 0.857. The summed E-state index contributed by atoms with van der Waals surface area (Å²) < 4.78 is 1.000. The summed E-state index contributed by atoms with van der Waals surface area (Å²) in [5.74, 6) is 1.55. The topological polar surface area (TPSA) is 37.8 Å². The molecule has 1 fully saturated rings. The van der Waals surface area contributed by atoms with Crippen LogP contribution >= 0.6 is 27.7 Å². The molecule has 0 spiro atoms. The average Bonchev–Trinajstić information content (AvgIpc) is 2.32. The van der Waals surface area contributed by atoms with E-state index in [1.54, 1.807) is 0 Å². The van der Waals surface area contributed by atoms with Crippen LogP contribution in [0.2, 0.25) is 0 Å². The lowest BCUT2D eigenvalue weighted by atomic mass is 9.91. The molecule has 1 saturated carbocycles. The molecule has 2 rings (SSSR count). The minimum Gasteiger partial charge on any atom is -0.357 e. The van der Waals surface area contributed by atoms with Crippen molar-refractivity contribution in [1.82, 2.24) is 9.97 Å². The maximum Gasteiger partial charge on any atom is 0.223 e. The van der Waals surface area contributed by atoms with Crippen LogP contribution in [0.3, 0.4) is 0 Å². The summed E-state index contributed by atoms with van der Waals surface area (Å²) in [7, 11) is 1.85. The van der Waals surface area contributed by atoms with Crippen LogP contribution in [0.15, 0.2) is 15.7 Å². The predicted octanol–water partition coefficient (Wildman–Crippen LogP) is 3.95. The van der Waals surface area contributed by atoms with Gasteiger partial charge in [-0.1, -0.05) is 19.8 Å². The first-order chi connectivity index (χ1) is 8.19. The van der Waals surface area contributed by atoms with E-state index in [4.69, 9.17) is 0 Å². The van der Waals surface area contributed by atoms with E-state index in [0.717, 1.165) is 15.4 Å². The van der Waals surface area contributed by atoms with Gasteiger partial charge in [0.25, 0.3) is 0 Å². The van der Waals surface area contributed by atoms with Crippen molar-refractivity contribution in [3.8, 4) is 0 Å². The first-order valence-electron chi connectivity index (χ1n) is 6.06. The number of anilines is 1. The molecule has 0 amide bonds. The Kier molecular flexibility index (Phi) is 4.68. The van der Waals surface area contributed by atoms with Crippen LogP contribution in [-0.2, 0) is 0 Å². The standard InChI is InChI=1S/C12H18BrN3S/c1-8-4-3-5-9(6-8)17-11-10(13)7-15-12(14-2)16-11/h7-9H,3-6H2,1-2H3,(H,14,15,16). The highest BCUT2D eigenvalue weighted by atomic mass is 79.9. The van der Waals surface area contributed by atoms with Gasteiger partial charge in [0.1, 0.15) is 5.03 Å². The zero-order valence-electron chi connectivity index (χ0n) is 10.2. The van der Waals surface area contributed by atoms with Gasteiger partial charge in [0.2, 0.25) is 5.95 Å². The van der Waals surface area contributed by atoms with E-state index in [2.05, 4.69) is 38.1 Å². The Morgan fingerprint density at radius 1 is 1.47 bits per heavy atom. The molecule has 1 aliphatic rings. The number of aromatic nitrogens is 2. The van der Waals surface area contributed by atoms with Crippen molar-refractivity contribution in [2.45, 2.75) is 42.9 Å². The maximum atomic E-state index is 4.50. The summed E-state index contributed by atoms with van der Waals surface area (Å²) in [6, 6.07) is 0. The summed E-state index contributed by atoms with van der Waals surface area (Å²) in [5, 5.41) is 4.75. The van der Waals surface area contributed by atoms with Gasteiger partial charge in [0, 0.05) is 18.5 Å². The van der Waals surface area contributed by atoms with Gasteiger partial charge in [0.05, 0.1) is 4.47 Å². The molecule has 1 N–H and O–H groups in total. The fraction of sp³-hybridized carbons (Fsp3) is 0.667. The number of hydrogen-bond acceptors (Lipinski definition) is 4. The molecule has 17 heavy (non-hydrogen) atoms. The van der Waals surface area contributed by atoms with Crippen molar-refractivity contribution in [3.63, 3.8) is 0 Å². The molecule has 1 aliphatic carbocycles. The number of hydrogen-bond donors (Lipinski definition) is 1. The molecule has 5 heteroatoms. The molecule has 1 heterocycles. The minimum atomic E-state index is 0.694. The maximum absolute atomic E-state index is 4.50. The largest absolute Gasteiger partial charge is 0.357 e. The Morgan fingerprint density at radius 3 is 3.00 bits per heavy atom. The summed E-state index contributed by atoms with van der Waals surface area (Å²) in [5.41, 5.74) is 0. The number of nitrogens with zero attached hydrogens (tertiary/aromatic N) is 2. The highest BCUT2D eigenvalue weighted by molar-refractivity contribution is 9.10. The summed E-state index contributed by atoms with van der Waals surface area (Å²) in [6.07, 6.45) is 7.16. The molecule has 3 nitrogen and oxygen atoms in total. The Labute approximate surface area is 115 Å². The van der Waals surface area contributed by atoms with E-state index < -0.39 is 0 Å². The Bertz CT molecular complexity index is 386. The molecule has 2 atom stereocenters. The van der Waals surface area contributed by atoms with Crippen LogP contribution in [0.25, 0.3) is 0 Å². The fourth-order valence-corrected chi connectivity index (χ4v) is 4.00. The molecule has 0 saturated heterocycles. The number of rotatable bonds is 3. The summed E-state index contributed by atoms with van der Waals surface area (Å²) >= 11 is 5.41. The minimum absolute atomic E-state index is 0.694. The van der Waals surface area contributed by atoms with Crippen LogP contribution < -0.4 is 5.32 Å². The van der Waals surface area contributed by atoms with Crippen LogP contribution in [0, 0.1) is 5.92 Å². The molecule has 1 aromatic heterocycles. The van der Waals surface area contributed by atoms with Crippen molar-refractivity contribution >= 4 is 33.6 Å². The summed E-state index contributed by atoms with van der Waals surface area (Å²) in [4.78, 5) is 8.69. The molecular formula is C12H18BrN3S. The lowest BCUT2D eigenvalue weighted by molar-refractivity contribution is 0.394. The molecule has 0 aromatic carbocycles. The predicted molar refractivity (Wildman–Crippen MR) is 76.6 cm³/mol. The zero-order valence-corrected chi connectivity index (χ0v) is 12.6. The van der Waals surface area contributed by atoms with Gasteiger partial charge in [-0.05, 0) is 34.7 Å². The number of halogens is 1. The van der Waals surface area contributed by atoms with E-state index in [-0.39, 0.29) is 0 Å². The second kappa shape index (κ2) is 6.05. The van der Waals surface area contributed by atoms with E-state index in [9.17, 15) is 0 Å². The average molecular weight is 316 g/mol. The molecule has 0 bridgehead atoms. The van der Waals surface area contributed by atoms with Gasteiger partial charge >= 0.3 is 0 Å². The molecular weight excluding hydrogens is 298 g/mol. The highest BCUT2D eigenvalue weighted by Gasteiger charge is 2.21. The van der Waals surface area contributed by atoms with Crippen molar-refractivity contribution in [2.75, 3.05) is 12.4 Å². The van der Waals surface area contributed by atoms with Crippen molar-refractivity contribution in [3.05, 3.63) is 10.7 Å². The second-order valence-corrected chi connectivity index (χ2v) is 6.75. The number of nitrogens with one attached hydrogen (secondary N) is 1. The van der Waals surface area contributed by atoms with E-state index in [0.29, 0.717) is 11.2 Å². The van der Waals surface area contributed by atoms with E-state index in [1.165, 1.54) is 25.7 Å². The van der Waals surface area contributed by atoms with Crippen molar-refractivity contribution < 1.29 is 0 Å². The third kappa shape index (κ3) is 3.58. The molecule has 0 radical (unpaired) electrons. The third-order valence-corrected chi connectivity index (χ3v) is 5.24. The Balaban J connectivity index is 2.06. The van der Waals surface area contributed by atoms with Gasteiger partial charge < -0.3 is 5.32 Å². The van der Waals surface area contributed by atoms with Crippen LogP contribution in [-0.4, -0.2) is 22.3 Å². The van der Waals surface area contributed by atoms with E-state index in [1.807, 2.05) is 25.0 Å². The normalized spacial score (nSPS) is 24.6. The zero-order chi connectivity index (χ0) is 12.3. The second-order valence-electron chi connectivity index (χ2n) is 4.61. The Hall–Kier alpha value is -0.290. The lowest BCUT2D eigenvalue weighted by Gasteiger charge is -2.26. The molecule has 0 aliphatic heterocycles. The number of thioether (sulfide) groups is 1. The van der Waals surface area contributed by atoms with Crippen LogP contribution in [0.1, 0.15) is 32.6 Å².